The van der Waals surface area contributed by atoms with Crippen LogP contribution in [0, 0.1) is 0 Å². The zero-order chi connectivity index (χ0) is 10.9. The first kappa shape index (κ1) is 10.5. The Kier molecular flexibility index (Phi) is 2.71. The summed E-state index contributed by atoms with van der Waals surface area (Å²) in [6.07, 6.45) is 2.37. The Bertz CT molecular complexity index is 324. The molecule has 0 N–H and O–H groups in total. The van der Waals surface area contributed by atoms with Gasteiger partial charge in [-0.2, -0.15) is 18.3 Å². The molecule has 1 aromatic heterocycles. The van der Waals surface area contributed by atoms with Crippen LogP contribution >= 0.6 is 0 Å². The monoisotopic (exact) mass is 218 g/mol. The van der Waals surface area contributed by atoms with Gasteiger partial charge in [0.15, 0.2) is 5.69 Å². The van der Waals surface area contributed by atoms with Crippen molar-refractivity contribution >= 4 is 0 Å². The molecule has 0 radical (unpaired) electrons. The summed E-state index contributed by atoms with van der Waals surface area (Å²) in [5, 5.41) is 3.60. The maximum absolute atomic E-state index is 12.3. The molecule has 0 bridgehead atoms. The van der Waals surface area contributed by atoms with Gasteiger partial charge in [-0.1, -0.05) is 19.3 Å². The number of hydrogen-bond donors (Lipinski definition) is 0. The van der Waals surface area contributed by atoms with Crippen molar-refractivity contribution in [1.82, 2.24) is 9.78 Å². The molecule has 0 aliphatic heterocycles. The molecule has 0 saturated heterocycles. The Balaban J connectivity index is 2.12. The van der Waals surface area contributed by atoms with E-state index in [2.05, 4.69) is 5.10 Å². The lowest BCUT2D eigenvalue weighted by Crippen LogP contribution is -2.15. The minimum absolute atomic E-state index is 0.162. The van der Waals surface area contributed by atoms with Crippen LogP contribution in [0.5, 0.6) is 0 Å². The van der Waals surface area contributed by atoms with Gasteiger partial charge in [-0.15, -0.1) is 0 Å². The van der Waals surface area contributed by atoms with Gasteiger partial charge in [-0.3, -0.25) is 4.68 Å². The highest BCUT2D eigenvalue weighted by Crippen LogP contribution is 2.31. The zero-order valence-corrected chi connectivity index (χ0v) is 8.30. The Labute approximate surface area is 86.1 Å². The van der Waals surface area contributed by atoms with E-state index in [1.165, 1.54) is 17.3 Å². The van der Waals surface area contributed by atoms with Gasteiger partial charge in [0.1, 0.15) is 0 Å². The largest absolute Gasteiger partial charge is 0.435 e. The molecule has 0 spiro atoms. The van der Waals surface area contributed by atoms with Crippen molar-refractivity contribution in [3.63, 3.8) is 0 Å². The SMILES string of the molecule is FC(F)(F)c1ccn(C2CCCCC2)n1. The number of alkyl halides is 3. The van der Waals surface area contributed by atoms with E-state index in [1.54, 1.807) is 0 Å². The normalized spacial score (nSPS) is 19.4. The van der Waals surface area contributed by atoms with Crippen molar-refractivity contribution < 1.29 is 13.2 Å². The number of rotatable bonds is 1. The fraction of sp³-hybridized carbons (Fsp3) is 0.700. The molecule has 2 rings (SSSR count). The Morgan fingerprint density at radius 2 is 1.87 bits per heavy atom. The first-order valence-electron chi connectivity index (χ1n) is 5.20. The highest BCUT2D eigenvalue weighted by atomic mass is 19.4. The van der Waals surface area contributed by atoms with Crippen molar-refractivity contribution in [3.8, 4) is 0 Å². The summed E-state index contributed by atoms with van der Waals surface area (Å²) in [6, 6.07) is 1.21. The van der Waals surface area contributed by atoms with Crippen molar-refractivity contribution in [3.05, 3.63) is 18.0 Å². The molecule has 15 heavy (non-hydrogen) atoms. The first-order chi connectivity index (χ1) is 7.07. The summed E-state index contributed by atoms with van der Waals surface area (Å²) in [5.74, 6) is 0. The van der Waals surface area contributed by atoms with Crippen LogP contribution in [0.4, 0.5) is 13.2 Å². The van der Waals surface area contributed by atoms with Crippen LogP contribution in [0.2, 0.25) is 0 Å². The number of nitrogens with zero attached hydrogens (tertiary/aromatic N) is 2. The molecule has 1 aliphatic rings. The number of aromatic nitrogens is 2. The molecule has 0 unspecified atom stereocenters. The lowest BCUT2D eigenvalue weighted by Gasteiger charge is -2.21. The van der Waals surface area contributed by atoms with Crippen LogP contribution in [0.15, 0.2) is 12.3 Å². The minimum atomic E-state index is -4.32. The maximum Gasteiger partial charge on any atom is 0.435 e. The summed E-state index contributed by atoms with van der Waals surface area (Å²) in [6.45, 7) is 0. The third-order valence-corrected chi connectivity index (χ3v) is 2.85. The topological polar surface area (TPSA) is 17.8 Å². The smallest absolute Gasteiger partial charge is 0.269 e. The Morgan fingerprint density at radius 3 is 2.40 bits per heavy atom. The Hall–Kier alpha value is -1.00. The average molecular weight is 218 g/mol. The molecular formula is C10H13F3N2. The second-order valence-electron chi connectivity index (χ2n) is 3.97. The standard InChI is InChI=1S/C10H13F3N2/c11-10(12,13)9-6-7-15(14-9)8-4-2-1-3-5-8/h6-8H,1-5H2. The van der Waals surface area contributed by atoms with Gasteiger partial charge in [-0.05, 0) is 18.9 Å². The van der Waals surface area contributed by atoms with Crippen LogP contribution in [0.25, 0.3) is 0 Å². The van der Waals surface area contributed by atoms with E-state index >= 15 is 0 Å². The lowest BCUT2D eigenvalue weighted by atomic mass is 9.96. The van der Waals surface area contributed by atoms with E-state index < -0.39 is 11.9 Å². The second kappa shape index (κ2) is 3.87. The zero-order valence-electron chi connectivity index (χ0n) is 8.30. The molecule has 0 atom stereocenters. The predicted octanol–water partition coefficient (Wildman–Crippen LogP) is 3.41. The van der Waals surface area contributed by atoms with Gasteiger partial charge in [-0.25, -0.2) is 0 Å². The van der Waals surface area contributed by atoms with E-state index in [-0.39, 0.29) is 6.04 Å². The lowest BCUT2D eigenvalue weighted by molar-refractivity contribution is -0.141. The van der Waals surface area contributed by atoms with Gasteiger partial charge < -0.3 is 0 Å². The van der Waals surface area contributed by atoms with Gasteiger partial charge in [0.05, 0.1) is 6.04 Å². The van der Waals surface area contributed by atoms with Gasteiger partial charge in [0, 0.05) is 6.20 Å². The van der Waals surface area contributed by atoms with E-state index in [9.17, 15) is 13.2 Å². The van der Waals surface area contributed by atoms with Crippen molar-refractivity contribution in [2.45, 2.75) is 44.3 Å². The molecule has 2 nitrogen and oxygen atoms in total. The van der Waals surface area contributed by atoms with E-state index in [1.807, 2.05) is 0 Å². The third-order valence-electron chi connectivity index (χ3n) is 2.85. The highest BCUT2D eigenvalue weighted by molar-refractivity contribution is 5.04. The summed E-state index contributed by atoms with van der Waals surface area (Å²) in [4.78, 5) is 0. The molecule has 1 fully saturated rings. The summed E-state index contributed by atoms with van der Waals surface area (Å²) >= 11 is 0. The summed E-state index contributed by atoms with van der Waals surface area (Å²) in [5.41, 5.74) is -0.784. The van der Waals surface area contributed by atoms with Gasteiger partial charge in [0.2, 0.25) is 0 Å². The predicted molar refractivity (Wildman–Crippen MR) is 49.4 cm³/mol. The molecule has 1 aromatic rings. The van der Waals surface area contributed by atoms with Crippen LogP contribution in [-0.2, 0) is 6.18 Å². The summed E-state index contributed by atoms with van der Waals surface area (Å²) < 4.78 is 38.4. The van der Waals surface area contributed by atoms with E-state index in [0.29, 0.717) is 0 Å². The molecule has 5 heteroatoms. The fourth-order valence-corrected chi connectivity index (χ4v) is 2.04. The first-order valence-corrected chi connectivity index (χ1v) is 5.20. The number of hydrogen-bond acceptors (Lipinski definition) is 1. The molecule has 0 aromatic carbocycles. The van der Waals surface area contributed by atoms with E-state index in [0.717, 1.165) is 31.7 Å². The van der Waals surface area contributed by atoms with Crippen molar-refractivity contribution in [2.24, 2.45) is 0 Å². The van der Waals surface area contributed by atoms with Gasteiger partial charge >= 0.3 is 6.18 Å². The Morgan fingerprint density at radius 1 is 1.20 bits per heavy atom. The van der Waals surface area contributed by atoms with Crippen LogP contribution < -0.4 is 0 Å². The van der Waals surface area contributed by atoms with E-state index in [4.69, 9.17) is 0 Å². The molecule has 0 amide bonds. The van der Waals surface area contributed by atoms with Crippen molar-refractivity contribution in [2.75, 3.05) is 0 Å². The number of halogens is 3. The van der Waals surface area contributed by atoms with Gasteiger partial charge in [0.25, 0.3) is 0 Å². The molecule has 1 saturated carbocycles. The highest BCUT2D eigenvalue weighted by Gasteiger charge is 2.34. The van der Waals surface area contributed by atoms with Crippen molar-refractivity contribution in [1.29, 1.82) is 0 Å². The third kappa shape index (κ3) is 2.33. The quantitative estimate of drug-likeness (QED) is 0.706. The molecule has 84 valence electrons. The van der Waals surface area contributed by atoms with Crippen LogP contribution in [0.3, 0.4) is 0 Å². The molecule has 1 heterocycles. The summed E-state index contributed by atoms with van der Waals surface area (Å²) in [7, 11) is 0. The maximum atomic E-state index is 12.3. The molecule has 1 aliphatic carbocycles. The fourth-order valence-electron chi connectivity index (χ4n) is 2.04. The van der Waals surface area contributed by atoms with Crippen LogP contribution in [0.1, 0.15) is 43.8 Å². The van der Waals surface area contributed by atoms with Crippen LogP contribution in [-0.4, -0.2) is 9.78 Å². The average Bonchev–Trinajstić information content (AvgIpc) is 2.67. The second-order valence-corrected chi connectivity index (χ2v) is 3.97. The minimum Gasteiger partial charge on any atom is -0.269 e. The molecular weight excluding hydrogens is 205 g/mol.